The van der Waals surface area contributed by atoms with Crippen LogP contribution in [0.4, 0.5) is 5.69 Å². The fourth-order valence-corrected chi connectivity index (χ4v) is 2.54. The van der Waals surface area contributed by atoms with E-state index in [0.717, 1.165) is 0 Å². The summed E-state index contributed by atoms with van der Waals surface area (Å²) in [6.07, 6.45) is 0.627. The van der Waals surface area contributed by atoms with Gasteiger partial charge in [-0.3, -0.25) is 14.7 Å². The zero-order chi connectivity index (χ0) is 15.6. The zero-order valence-corrected chi connectivity index (χ0v) is 11.9. The molecule has 0 saturated carbocycles. The summed E-state index contributed by atoms with van der Waals surface area (Å²) in [5, 5.41) is 22.9. The molecule has 112 valence electrons. The highest BCUT2D eigenvalue weighted by molar-refractivity contribution is 7.89. The van der Waals surface area contributed by atoms with Gasteiger partial charge in [0.1, 0.15) is 0 Å². The van der Waals surface area contributed by atoms with E-state index in [2.05, 4.69) is 10.2 Å². The summed E-state index contributed by atoms with van der Waals surface area (Å²) in [5.41, 5.74) is 0.288. The van der Waals surface area contributed by atoms with Crippen LogP contribution in [0, 0.1) is 10.1 Å². The van der Waals surface area contributed by atoms with Crippen molar-refractivity contribution in [2.45, 2.75) is 25.0 Å². The Labute approximate surface area is 120 Å². The van der Waals surface area contributed by atoms with Crippen LogP contribution in [0.1, 0.15) is 13.3 Å². The number of rotatable bonds is 5. The van der Waals surface area contributed by atoms with Gasteiger partial charge in [-0.25, -0.2) is 13.6 Å². The van der Waals surface area contributed by atoms with E-state index in [1.807, 2.05) is 6.92 Å². The Hall–Kier alpha value is -2.33. The molecule has 0 radical (unpaired) electrons. The van der Waals surface area contributed by atoms with Crippen molar-refractivity contribution in [3.63, 3.8) is 0 Å². The SMILES string of the molecule is CCCn1c(-c2cccc([N+](=O)[O-])c2)nnc1S(N)(=O)=O. The smallest absolute Gasteiger partial charge is 0.273 e. The van der Waals surface area contributed by atoms with E-state index < -0.39 is 14.9 Å². The Morgan fingerprint density at radius 3 is 2.67 bits per heavy atom. The molecule has 0 amide bonds. The van der Waals surface area contributed by atoms with E-state index >= 15 is 0 Å². The number of hydrogen-bond acceptors (Lipinski definition) is 6. The van der Waals surface area contributed by atoms with Crippen molar-refractivity contribution in [2.75, 3.05) is 0 Å². The number of sulfonamides is 1. The van der Waals surface area contributed by atoms with Crippen molar-refractivity contribution in [2.24, 2.45) is 5.14 Å². The minimum absolute atomic E-state index is 0.115. The second-order valence-corrected chi connectivity index (χ2v) is 5.77. The van der Waals surface area contributed by atoms with Crippen LogP contribution in [0.3, 0.4) is 0 Å². The van der Waals surface area contributed by atoms with Crippen molar-refractivity contribution >= 4 is 15.7 Å². The van der Waals surface area contributed by atoms with Crippen LogP contribution in [0.2, 0.25) is 0 Å². The predicted octanol–water partition coefficient (Wildman–Crippen LogP) is 0.911. The van der Waals surface area contributed by atoms with Crippen molar-refractivity contribution in [3.05, 3.63) is 34.4 Å². The Balaban J connectivity index is 2.61. The Morgan fingerprint density at radius 1 is 1.38 bits per heavy atom. The lowest BCUT2D eigenvalue weighted by Crippen LogP contribution is -2.19. The molecular formula is C11H13N5O4S. The van der Waals surface area contributed by atoms with Crippen molar-refractivity contribution in [1.29, 1.82) is 0 Å². The van der Waals surface area contributed by atoms with E-state index in [1.165, 1.54) is 22.8 Å². The van der Waals surface area contributed by atoms with Crippen LogP contribution in [0.5, 0.6) is 0 Å². The molecule has 0 unspecified atom stereocenters. The first-order chi connectivity index (χ1) is 9.84. The van der Waals surface area contributed by atoms with E-state index in [-0.39, 0.29) is 16.7 Å². The van der Waals surface area contributed by atoms with E-state index in [0.29, 0.717) is 18.5 Å². The van der Waals surface area contributed by atoms with Crippen LogP contribution in [-0.2, 0) is 16.6 Å². The predicted molar refractivity (Wildman–Crippen MR) is 73.8 cm³/mol. The van der Waals surface area contributed by atoms with Gasteiger partial charge in [-0.2, -0.15) is 0 Å². The molecule has 0 aliphatic rings. The molecule has 0 aliphatic heterocycles. The summed E-state index contributed by atoms with van der Waals surface area (Å²) >= 11 is 0. The van der Waals surface area contributed by atoms with E-state index in [1.54, 1.807) is 6.07 Å². The molecule has 0 spiro atoms. The lowest BCUT2D eigenvalue weighted by molar-refractivity contribution is -0.384. The molecule has 2 rings (SSSR count). The Morgan fingerprint density at radius 2 is 2.10 bits per heavy atom. The first-order valence-corrected chi connectivity index (χ1v) is 7.60. The van der Waals surface area contributed by atoms with Gasteiger partial charge in [-0.05, 0) is 6.42 Å². The van der Waals surface area contributed by atoms with Crippen LogP contribution in [0.15, 0.2) is 29.4 Å². The number of primary sulfonamides is 1. The Bertz CT molecular complexity index is 784. The number of nitrogens with zero attached hydrogens (tertiary/aromatic N) is 4. The molecule has 2 N–H and O–H groups in total. The van der Waals surface area contributed by atoms with Gasteiger partial charge in [0.25, 0.3) is 20.9 Å². The van der Waals surface area contributed by atoms with Gasteiger partial charge < -0.3 is 0 Å². The molecule has 0 bridgehead atoms. The summed E-state index contributed by atoms with van der Waals surface area (Å²) in [5.74, 6) is 0.226. The molecule has 0 aliphatic carbocycles. The van der Waals surface area contributed by atoms with Gasteiger partial charge in [0, 0.05) is 24.2 Å². The number of nitro benzene ring substituents is 1. The summed E-state index contributed by atoms with van der Waals surface area (Å²) < 4.78 is 24.3. The summed E-state index contributed by atoms with van der Waals surface area (Å²) in [7, 11) is -4.01. The largest absolute Gasteiger partial charge is 0.297 e. The van der Waals surface area contributed by atoms with E-state index in [4.69, 9.17) is 5.14 Å². The molecule has 0 fully saturated rings. The molecule has 1 heterocycles. The third kappa shape index (κ3) is 3.06. The standard InChI is InChI=1S/C11H13N5O4S/c1-2-6-15-10(13-14-11(15)21(12,19)20)8-4-3-5-9(7-8)16(17)18/h3-5,7H,2,6H2,1H3,(H2,12,19,20). The third-order valence-corrected chi connectivity index (χ3v) is 3.54. The molecule has 10 heteroatoms. The van der Waals surface area contributed by atoms with Gasteiger partial charge in [0.05, 0.1) is 4.92 Å². The van der Waals surface area contributed by atoms with Gasteiger partial charge in [-0.1, -0.05) is 19.1 Å². The molecule has 0 saturated heterocycles. The number of hydrogen-bond donors (Lipinski definition) is 1. The fourth-order valence-electron chi connectivity index (χ4n) is 1.90. The normalized spacial score (nSPS) is 11.5. The molecule has 21 heavy (non-hydrogen) atoms. The van der Waals surface area contributed by atoms with E-state index in [9.17, 15) is 18.5 Å². The van der Waals surface area contributed by atoms with Crippen molar-refractivity contribution < 1.29 is 13.3 Å². The minimum Gasteiger partial charge on any atom is -0.297 e. The second kappa shape index (κ2) is 5.58. The van der Waals surface area contributed by atoms with Gasteiger partial charge >= 0.3 is 0 Å². The van der Waals surface area contributed by atoms with Gasteiger partial charge in [-0.15, -0.1) is 10.2 Å². The number of benzene rings is 1. The average Bonchev–Trinajstić information content (AvgIpc) is 2.83. The highest BCUT2D eigenvalue weighted by Gasteiger charge is 2.22. The zero-order valence-electron chi connectivity index (χ0n) is 11.1. The number of nitrogens with two attached hydrogens (primary N) is 1. The first kappa shape index (κ1) is 15.1. The fraction of sp³-hybridized carbons (Fsp3) is 0.273. The molecule has 2 aromatic rings. The quantitative estimate of drug-likeness (QED) is 0.644. The Kier molecular flexibility index (Phi) is 4.00. The second-order valence-electron chi connectivity index (χ2n) is 4.31. The number of nitro groups is 1. The monoisotopic (exact) mass is 311 g/mol. The maximum atomic E-state index is 11.5. The van der Waals surface area contributed by atoms with Crippen molar-refractivity contribution in [1.82, 2.24) is 14.8 Å². The van der Waals surface area contributed by atoms with Crippen LogP contribution in [-0.4, -0.2) is 28.1 Å². The van der Waals surface area contributed by atoms with Crippen LogP contribution < -0.4 is 5.14 Å². The van der Waals surface area contributed by atoms with Crippen LogP contribution in [0.25, 0.3) is 11.4 Å². The topological polar surface area (TPSA) is 134 Å². The third-order valence-electron chi connectivity index (χ3n) is 2.73. The average molecular weight is 311 g/mol. The highest BCUT2D eigenvalue weighted by atomic mass is 32.2. The van der Waals surface area contributed by atoms with Crippen molar-refractivity contribution in [3.8, 4) is 11.4 Å². The molecule has 1 aromatic heterocycles. The number of non-ortho nitro benzene ring substituents is 1. The molecule has 9 nitrogen and oxygen atoms in total. The maximum absolute atomic E-state index is 11.5. The summed E-state index contributed by atoms with van der Waals surface area (Å²) in [6, 6.07) is 5.73. The molecular weight excluding hydrogens is 298 g/mol. The lowest BCUT2D eigenvalue weighted by Gasteiger charge is -2.07. The lowest BCUT2D eigenvalue weighted by atomic mass is 10.2. The molecule has 0 atom stereocenters. The van der Waals surface area contributed by atoms with Gasteiger partial charge in [0.2, 0.25) is 0 Å². The minimum atomic E-state index is -4.01. The first-order valence-electron chi connectivity index (χ1n) is 6.05. The highest BCUT2D eigenvalue weighted by Crippen LogP contribution is 2.24. The number of aromatic nitrogens is 3. The van der Waals surface area contributed by atoms with Crippen LogP contribution >= 0.6 is 0 Å². The summed E-state index contributed by atoms with van der Waals surface area (Å²) in [4.78, 5) is 10.3. The van der Waals surface area contributed by atoms with Gasteiger partial charge in [0.15, 0.2) is 5.82 Å². The maximum Gasteiger partial charge on any atom is 0.273 e. The summed E-state index contributed by atoms with van der Waals surface area (Å²) in [6.45, 7) is 2.18. The molecule has 1 aromatic carbocycles.